The third kappa shape index (κ3) is 2.17. The number of furan rings is 1. The lowest BCUT2D eigenvalue weighted by molar-refractivity contribution is 0.103. The largest absolute Gasteiger partial charge is 0.457 e. The topological polar surface area (TPSA) is 30.2 Å². The molecule has 0 radical (unpaired) electrons. The minimum absolute atomic E-state index is 0.167. The van der Waals surface area contributed by atoms with Gasteiger partial charge in [-0.2, -0.15) is 0 Å². The summed E-state index contributed by atoms with van der Waals surface area (Å²) in [5, 5.41) is 0.775. The molecule has 5 heteroatoms. The van der Waals surface area contributed by atoms with Crippen LogP contribution in [0.2, 0.25) is 10.0 Å². The van der Waals surface area contributed by atoms with Gasteiger partial charge < -0.3 is 4.42 Å². The van der Waals surface area contributed by atoms with Crippen molar-refractivity contribution in [3.8, 4) is 0 Å². The fraction of sp³-hybridized carbons (Fsp3) is 0. The number of hydrogen-bond donors (Lipinski definition) is 0. The zero-order chi connectivity index (χ0) is 11.7. The lowest BCUT2D eigenvalue weighted by Crippen LogP contribution is -2.00. The van der Waals surface area contributed by atoms with Crippen LogP contribution in [0.1, 0.15) is 15.9 Å². The summed E-state index contributed by atoms with van der Waals surface area (Å²) in [4.78, 5) is 12.0. The highest BCUT2D eigenvalue weighted by Gasteiger charge is 2.15. The van der Waals surface area contributed by atoms with Crippen molar-refractivity contribution < 1.29 is 9.21 Å². The van der Waals surface area contributed by atoms with Crippen molar-refractivity contribution >= 4 is 44.9 Å². The van der Waals surface area contributed by atoms with E-state index in [-0.39, 0.29) is 5.78 Å². The predicted octanol–water partition coefficient (Wildman–Crippen LogP) is 4.58. The fourth-order valence-corrected chi connectivity index (χ4v) is 1.97. The molecule has 0 atom stereocenters. The molecule has 0 N–H and O–H groups in total. The van der Waals surface area contributed by atoms with E-state index in [0.29, 0.717) is 25.8 Å². The van der Waals surface area contributed by atoms with Crippen LogP contribution >= 0.6 is 39.1 Å². The van der Waals surface area contributed by atoms with Gasteiger partial charge in [0.15, 0.2) is 10.5 Å². The summed E-state index contributed by atoms with van der Waals surface area (Å²) in [6.07, 6.45) is 1.44. The van der Waals surface area contributed by atoms with Crippen molar-refractivity contribution in [2.75, 3.05) is 0 Å². The van der Waals surface area contributed by atoms with E-state index in [0.717, 1.165) is 0 Å². The number of rotatable bonds is 2. The highest BCUT2D eigenvalue weighted by atomic mass is 79.9. The first-order valence-corrected chi connectivity index (χ1v) is 5.87. The van der Waals surface area contributed by atoms with Gasteiger partial charge in [0.25, 0.3) is 0 Å². The summed E-state index contributed by atoms with van der Waals surface area (Å²) in [6.45, 7) is 0. The van der Waals surface area contributed by atoms with Crippen LogP contribution in [0.15, 0.2) is 39.6 Å². The maximum atomic E-state index is 12.0. The number of halogens is 3. The summed E-state index contributed by atoms with van der Waals surface area (Å²) in [6, 6.07) is 6.34. The first kappa shape index (κ1) is 11.7. The second-order valence-corrected chi connectivity index (χ2v) is 4.60. The lowest BCUT2D eigenvalue weighted by atomic mass is 10.1. The Labute approximate surface area is 110 Å². The molecule has 0 bridgehead atoms. The SMILES string of the molecule is O=C(c1ccc(Cl)c(Cl)c1)c1ccoc1Br. The second kappa shape index (κ2) is 4.62. The number of ketones is 1. The van der Waals surface area contributed by atoms with Gasteiger partial charge in [-0.05, 0) is 40.2 Å². The molecule has 16 heavy (non-hydrogen) atoms. The Morgan fingerprint density at radius 1 is 1.19 bits per heavy atom. The van der Waals surface area contributed by atoms with E-state index in [4.69, 9.17) is 27.6 Å². The van der Waals surface area contributed by atoms with Gasteiger partial charge >= 0.3 is 0 Å². The van der Waals surface area contributed by atoms with Crippen molar-refractivity contribution in [3.05, 3.63) is 56.4 Å². The minimum atomic E-state index is -0.167. The Bertz CT molecular complexity index is 549. The number of hydrogen-bond acceptors (Lipinski definition) is 2. The van der Waals surface area contributed by atoms with Crippen molar-refractivity contribution in [1.82, 2.24) is 0 Å². The molecule has 2 nitrogen and oxygen atoms in total. The Balaban J connectivity index is 2.42. The third-order valence-electron chi connectivity index (χ3n) is 2.04. The Hall–Kier alpha value is -0.770. The van der Waals surface area contributed by atoms with Gasteiger partial charge in [0.2, 0.25) is 0 Å². The highest BCUT2D eigenvalue weighted by molar-refractivity contribution is 9.10. The van der Waals surface area contributed by atoms with Crippen LogP contribution in [0, 0.1) is 0 Å². The molecule has 0 unspecified atom stereocenters. The summed E-state index contributed by atoms with van der Waals surface area (Å²) in [5.74, 6) is -0.167. The molecule has 0 saturated heterocycles. The molecule has 1 heterocycles. The maximum absolute atomic E-state index is 12.0. The van der Waals surface area contributed by atoms with E-state index in [1.165, 1.54) is 12.3 Å². The summed E-state index contributed by atoms with van der Waals surface area (Å²) < 4.78 is 5.40. The van der Waals surface area contributed by atoms with E-state index < -0.39 is 0 Å². The van der Waals surface area contributed by atoms with Crippen LogP contribution in [0.25, 0.3) is 0 Å². The van der Waals surface area contributed by atoms with Crippen molar-refractivity contribution in [2.45, 2.75) is 0 Å². The van der Waals surface area contributed by atoms with Crippen molar-refractivity contribution in [1.29, 1.82) is 0 Å². The van der Waals surface area contributed by atoms with Gasteiger partial charge in [0.05, 0.1) is 21.9 Å². The van der Waals surface area contributed by atoms with Gasteiger partial charge in [0.1, 0.15) is 0 Å². The number of carbonyl (C=O) groups excluding carboxylic acids is 1. The van der Waals surface area contributed by atoms with E-state index >= 15 is 0 Å². The Morgan fingerprint density at radius 3 is 2.50 bits per heavy atom. The Kier molecular flexibility index (Phi) is 3.38. The van der Waals surface area contributed by atoms with Crippen LogP contribution in [-0.4, -0.2) is 5.78 Å². The quantitative estimate of drug-likeness (QED) is 0.758. The van der Waals surface area contributed by atoms with E-state index in [1.54, 1.807) is 18.2 Å². The van der Waals surface area contributed by atoms with Crippen molar-refractivity contribution in [2.24, 2.45) is 0 Å². The zero-order valence-corrected chi connectivity index (χ0v) is 10.9. The average molecular weight is 320 g/mol. The summed E-state index contributed by atoms with van der Waals surface area (Å²) in [5.41, 5.74) is 0.926. The lowest BCUT2D eigenvalue weighted by Gasteiger charge is -2.01. The standard InChI is InChI=1S/C11H5BrCl2O2/c12-11-7(3-4-16-11)10(15)6-1-2-8(13)9(14)5-6/h1-5H. The summed E-state index contributed by atoms with van der Waals surface area (Å²) >= 11 is 14.8. The van der Waals surface area contributed by atoms with Gasteiger partial charge in [-0.3, -0.25) is 4.79 Å². The molecule has 0 saturated carbocycles. The molecular weight excluding hydrogens is 315 g/mol. The predicted molar refractivity (Wildman–Crippen MR) is 66.3 cm³/mol. The minimum Gasteiger partial charge on any atom is -0.457 e. The molecule has 0 aliphatic carbocycles. The summed E-state index contributed by atoms with van der Waals surface area (Å²) in [7, 11) is 0. The molecule has 0 aliphatic rings. The normalized spacial score (nSPS) is 10.4. The van der Waals surface area contributed by atoms with Crippen LogP contribution in [-0.2, 0) is 0 Å². The number of carbonyl (C=O) groups is 1. The van der Waals surface area contributed by atoms with Crippen molar-refractivity contribution in [3.63, 3.8) is 0 Å². The van der Waals surface area contributed by atoms with Crippen LogP contribution < -0.4 is 0 Å². The van der Waals surface area contributed by atoms with Crippen LogP contribution in [0.3, 0.4) is 0 Å². The monoisotopic (exact) mass is 318 g/mol. The van der Waals surface area contributed by atoms with Crippen LogP contribution in [0.5, 0.6) is 0 Å². The van der Waals surface area contributed by atoms with Crippen LogP contribution in [0.4, 0.5) is 0 Å². The number of benzene rings is 1. The molecule has 2 rings (SSSR count). The Morgan fingerprint density at radius 2 is 1.94 bits per heavy atom. The molecule has 1 aromatic carbocycles. The molecule has 82 valence electrons. The average Bonchev–Trinajstić information content (AvgIpc) is 2.67. The second-order valence-electron chi connectivity index (χ2n) is 3.07. The smallest absolute Gasteiger partial charge is 0.197 e. The van der Waals surface area contributed by atoms with Gasteiger partial charge in [0, 0.05) is 5.56 Å². The first-order chi connectivity index (χ1) is 7.59. The molecule has 1 aromatic heterocycles. The zero-order valence-electron chi connectivity index (χ0n) is 7.84. The molecule has 0 aliphatic heterocycles. The van der Waals surface area contributed by atoms with Gasteiger partial charge in [-0.1, -0.05) is 23.2 Å². The fourth-order valence-electron chi connectivity index (χ4n) is 1.25. The van der Waals surface area contributed by atoms with Gasteiger partial charge in [-0.15, -0.1) is 0 Å². The molecule has 2 aromatic rings. The van der Waals surface area contributed by atoms with E-state index in [9.17, 15) is 4.79 Å². The van der Waals surface area contributed by atoms with E-state index in [2.05, 4.69) is 15.9 Å². The first-order valence-electron chi connectivity index (χ1n) is 4.32. The molecular formula is C11H5BrCl2O2. The molecule has 0 spiro atoms. The van der Waals surface area contributed by atoms with E-state index in [1.807, 2.05) is 0 Å². The third-order valence-corrected chi connectivity index (χ3v) is 3.40. The van der Waals surface area contributed by atoms with Gasteiger partial charge in [-0.25, -0.2) is 0 Å². The molecule has 0 amide bonds. The molecule has 0 fully saturated rings. The highest BCUT2D eigenvalue weighted by Crippen LogP contribution is 2.26. The maximum Gasteiger partial charge on any atom is 0.197 e.